The van der Waals surface area contributed by atoms with E-state index in [2.05, 4.69) is 27.1 Å². The molecule has 0 bridgehead atoms. The lowest BCUT2D eigenvalue weighted by atomic mass is 9.85. The lowest BCUT2D eigenvalue weighted by Gasteiger charge is -2.38. The van der Waals surface area contributed by atoms with Crippen LogP contribution in [0.1, 0.15) is 60.8 Å². The number of halogens is 2. The minimum Gasteiger partial charge on any atom is -0.492 e. The van der Waals surface area contributed by atoms with Gasteiger partial charge in [0.25, 0.3) is 0 Å². The highest BCUT2D eigenvalue weighted by atomic mass is 32.2. The highest BCUT2D eigenvalue weighted by Crippen LogP contribution is 2.27. The van der Waals surface area contributed by atoms with Gasteiger partial charge in [0.1, 0.15) is 30.5 Å². The monoisotopic (exact) mass is 700 g/mol. The molecule has 0 radical (unpaired) electrons. The molecule has 5 atom stereocenters. The maximum Gasteiger partial charge on any atom is 0.315 e. The summed E-state index contributed by atoms with van der Waals surface area (Å²) in [5, 5.41) is 10.6. The fourth-order valence-electron chi connectivity index (χ4n) is 5.06. The van der Waals surface area contributed by atoms with Crippen LogP contribution < -0.4 is 26.0 Å². The molecule has 1 aliphatic rings. The van der Waals surface area contributed by atoms with E-state index in [0.717, 1.165) is 0 Å². The zero-order valence-electron chi connectivity index (χ0n) is 29.4. The number of hydrogen-bond donors (Lipinski definition) is 4. The van der Waals surface area contributed by atoms with Gasteiger partial charge in [-0.05, 0) is 48.7 Å². The number of para-hydroxylation sites is 1. The van der Waals surface area contributed by atoms with Crippen LogP contribution in [0.15, 0.2) is 30.3 Å². The third-order valence-electron chi connectivity index (χ3n) is 8.14. The number of ether oxygens (including phenoxy) is 1. The summed E-state index contributed by atoms with van der Waals surface area (Å²) in [7, 11) is -0.870. The number of urea groups is 1. The lowest BCUT2D eigenvalue weighted by molar-refractivity contribution is -0.142. The Morgan fingerprint density at radius 1 is 1.04 bits per heavy atom. The van der Waals surface area contributed by atoms with E-state index in [1.807, 2.05) is 26.8 Å². The largest absolute Gasteiger partial charge is 0.492 e. The molecule has 0 spiro atoms. The minimum absolute atomic E-state index is 0.0252. The SMILES string of the molecule is C=S(C)(=O)N(C)C[C@@H](NC(=O)N[C@H](C(=O)N1CCC[C@H]1C(=O)N[C@@H](CC(F)F)C(=O)NCCOc1ccccc1)C(C)(C)C)C(C)(C)C. The van der Waals surface area contributed by atoms with Crippen LogP contribution >= 0.6 is 0 Å². The van der Waals surface area contributed by atoms with Crippen molar-refractivity contribution in [2.45, 2.75) is 91.4 Å². The number of nitrogens with zero attached hydrogens (tertiary/aromatic N) is 2. The molecule has 1 saturated heterocycles. The van der Waals surface area contributed by atoms with Crippen LogP contribution in [0.25, 0.3) is 0 Å². The second kappa shape index (κ2) is 17.3. The van der Waals surface area contributed by atoms with Gasteiger partial charge < -0.3 is 30.9 Å². The number of likely N-dealkylation sites (tertiary alicyclic amines) is 1. The fourth-order valence-corrected chi connectivity index (χ4v) is 5.52. The average molecular weight is 701 g/mol. The molecular weight excluding hydrogens is 646 g/mol. The zero-order chi connectivity index (χ0) is 36.4. The first-order chi connectivity index (χ1) is 22.1. The Morgan fingerprint density at radius 2 is 1.67 bits per heavy atom. The van der Waals surface area contributed by atoms with E-state index in [4.69, 9.17) is 4.74 Å². The van der Waals surface area contributed by atoms with Crippen molar-refractivity contribution in [3.05, 3.63) is 30.3 Å². The summed E-state index contributed by atoms with van der Waals surface area (Å²) < 4.78 is 46.5. The summed E-state index contributed by atoms with van der Waals surface area (Å²) in [6.45, 7) is 11.7. The van der Waals surface area contributed by atoms with Crippen molar-refractivity contribution >= 4 is 39.3 Å². The van der Waals surface area contributed by atoms with Crippen LogP contribution in [0.2, 0.25) is 0 Å². The van der Waals surface area contributed by atoms with Crippen LogP contribution in [-0.2, 0) is 24.1 Å². The van der Waals surface area contributed by atoms with Gasteiger partial charge in [-0.2, -0.15) is 0 Å². The molecule has 5 amide bonds. The summed E-state index contributed by atoms with van der Waals surface area (Å²) in [5.41, 5.74) is -1.22. The number of likely N-dealkylation sites (N-methyl/N-ethyl adjacent to an activating group) is 1. The first-order valence-electron chi connectivity index (χ1n) is 16.1. The van der Waals surface area contributed by atoms with Crippen LogP contribution in [0.5, 0.6) is 5.75 Å². The van der Waals surface area contributed by atoms with E-state index >= 15 is 0 Å². The van der Waals surface area contributed by atoms with Gasteiger partial charge in [-0.15, -0.1) is 0 Å². The highest BCUT2D eigenvalue weighted by Gasteiger charge is 2.43. The fraction of sp³-hybridized carbons (Fsp3) is 0.667. The second-order valence-corrected chi connectivity index (χ2v) is 17.0. The smallest absolute Gasteiger partial charge is 0.315 e. The quantitative estimate of drug-likeness (QED) is 0.163. The standard InChI is InChI=1S/C33H54F2N6O6S/c1-32(2,3)25(21-40(7)48(8,9)46)38-31(45)39-27(33(4,5)6)30(44)41-18-13-16-24(41)29(43)37-23(20-26(34)35)28(42)36-17-19-47-22-14-11-10-12-15-22/h10-12,14-15,23-27H,8,13,16-21H2,1-7,9H3,(H,36,42)(H,37,43)(H2,38,39,45)/t23-,24-,25+,27+,48?/m0/s1. The van der Waals surface area contributed by atoms with E-state index in [0.29, 0.717) is 12.2 Å². The van der Waals surface area contributed by atoms with Crippen molar-refractivity contribution in [2.75, 3.05) is 39.5 Å². The van der Waals surface area contributed by atoms with Gasteiger partial charge in [0.15, 0.2) is 0 Å². The predicted octanol–water partition coefficient (Wildman–Crippen LogP) is 2.63. The summed E-state index contributed by atoms with van der Waals surface area (Å²) in [5.74, 6) is 2.25. The summed E-state index contributed by atoms with van der Waals surface area (Å²) >= 11 is 0. The average Bonchev–Trinajstić information content (AvgIpc) is 3.46. The van der Waals surface area contributed by atoms with Gasteiger partial charge in [0.2, 0.25) is 24.1 Å². The molecule has 272 valence electrons. The maximum absolute atomic E-state index is 14.0. The Bertz CT molecular complexity index is 1350. The molecule has 0 saturated carbocycles. The Hall–Kier alpha value is -3.46. The van der Waals surface area contributed by atoms with Crippen molar-refractivity contribution in [3.63, 3.8) is 0 Å². The third kappa shape index (κ3) is 12.9. The molecule has 15 heteroatoms. The Morgan fingerprint density at radius 3 is 2.21 bits per heavy atom. The van der Waals surface area contributed by atoms with Gasteiger partial charge in [0.05, 0.1) is 6.54 Å². The van der Waals surface area contributed by atoms with Gasteiger partial charge in [0, 0.05) is 41.5 Å². The zero-order valence-corrected chi connectivity index (χ0v) is 30.3. The number of rotatable bonds is 15. The second-order valence-electron chi connectivity index (χ2n) is 14.4. The Kier molecular flexibility index (Phi) is 14.7. The molecule has 1 aromatic carbocycles. The van der Waals surface area contributed by atoms with E-state index in [-0.39, 0.29) is 32.7 Å². The van der Waals surface area contributed by atoms with Crippen LogP contribution in [0, 0.1) is 10.8 Å². The lowest BCUT2D eigenvalue weighted by Crippen LogP contribution is -2.62. The molecule has 2 rings (SSSR count). The highest BCUT2D eigenvalue weighted by molar-refractivity contribution is 7.97. The molecule has 1 fully saturated rings. The van der Waals surface area contributed by atoms with Crippen molar-refractivity contribution in [1.29, 1.82) is 0 Å². The van der Waals surface area contributed by atoms with Gasteiger partial charge >= 0.3 is 6.03 Å². The van der Waals surface area contributed by atoms with Crippen molar-refractivity contribution in [2.24, 2.45) is 10.8 Å². The topological polar surface area (TPSA) is 149 Å². The molecule has 1 aliphatic heterocycles. The van der Waals surface area contributed by atoms with Gasteiger partial charge in [-0.3, -0.25) is 18.6 Å². The summed E-state index contributed by atoms with van der Waals surface area (Å²) in [4.78, 5) is 54.9. The van der Waals surface area contributed by atoms with Gasteiger partial charge in [-0.25, -0.2) is 17.9 Å². The third-order valence-corrected chi connectivity index (χ3v) is 9.60. The maximum atomic E-state index is 14.0. The molecule has 0 aromatic heterocycles. The number of benzene rings is 1. The number of carbonyl (C=O) groups is 4. The first-order valence-corrected chi connectivity index (χ1v) is 18.2. The number of nitrogens with one attached hydrogen (secondary N) is 4. The van der Waals surface area contributed by atoms with E-state index in [1.54, 1.807) is 56.4 Å². The van der Waals surface area contributed by atoms with E-state index < -0.39 is 81.3 Å². The van der Waals surface area contributed by atoms with Crippen molar-refractivity contribution in [1.82, 2.24) is 30.5 Å². The molecule has 48 heavy (non-hydrogen) atoms. The predicted molar refractivity (Wildman–Crippen MR) is 184 cm³/mol. The Balaban J connectivity index is 2.13. The molecule has 1 heterocycles. The molecule has 12 nitrogen and oxygen atoms in total. The number of alkyl halides is 2. The van der Waals surface area contributed by atoms with Crippen LogP contribution in [0.3, 0.4) is 0 Å². The molecule has 4 N–H and O–H groups in total. The van der Waals surface area contributed by atoms with E-state index in [9.17, 15) is 32.2 Å². The Labute approximate surface area is 284 Å². The normalized spacial score (nSPS) is 18.4. The van der Waals surface area contributed by atoms with E-state index in [1.165, 1.54) is 11.2 Å². The number of hydrogen-bond acceptors (Lipinski definition) is 6. The number of amides is 5. The van der Waals surface area contributed by atoms with Crippen LogP contribution in [-0.4, -0.2) is 113 Å². The summed E-state index contributed by atoms with van der Waals surface area (Å²) in [6, 6.07) is 4.18. The minimum atomic E-state index is -2.87. The molecule has 0 aliphatic carbocycles. The molecular formula is C33H54F2N6O6S. The molecule has 1 unspecified atom stereocenters. The molecule has 1 aromatic rings. The van der Waals surface area contributed by atoms with Gasteiger partial charge in [-0.1, -0.05) is 59.7 Å². The first kappa shape index (κ1) is 40.7. The number of carbonyl (C=O) groups excluding carboxylic acids is 4. The van der Waals surface area contributed by atoms with Crippen molar-refractivity contribution < 1.29 is 36.9 Å². The van der Waals surface area contributed by atoms with Crippen LogP contribution in [0.4, 0.5) is 13.6 Å². The van der Waals surface area contributed by atoms with Crippen molar-refractivity contribution in [3.8, 4) is 5.75 Å². The summed E-state index contributed by atoms with van der Waals surface area (Å²) in [6.07, 6.45) is -1.54.